The number of hydrogen-bond donors (Lipinski definition) is 2. The van der Waals surface area contributed by atoms with Crippen LogP contribution in [-0.4, -0.2) is 0 Å². The van der Waals surface area contributed by atoms with Gasteiger partial charge in [0.05, 0.1) is 11.1 Å². The lowest BCUT2D eigenvalue weighted by atomic mass is 9.98. The summed E-state index contributed by atoms with van der Waals surface area (Å²) in [4.78, 5) is 0. The van der Waals surface area contributed by atoms with Gasteiger partial charge in [0.1, 0.15) is 11.6 Å². The summed E-state index contributed by atoms with van der Waals surface area (Å²) in [6, 6.07) is 11.7. The van der Waals surface area contributed by atoms with E-state index in [0.29, 0.717) is 5.92 Å². The van der Waals surface area contributed by atoms with Crippen molar-refractivity contribution in [2.24, 2.45) is 11.8 Å². The topological polar surface area (TPSA) is 38.0 Å². The van der Waals surface area contributed by atoms with E-state index in [1.165, 1.54) is 5.56 Å². The summed E-state index contributed by atoms with van der Waals surface area (Å²) in [5.41, 5.74) is 4.03. The average Bonchev–Trinajstić information content (AvgIpc) is 3.26. The van der Waals surface area contributed by atoms with E-state index in [0.717, 1.165) is 18.6 Å². The number of halogens is 3. The SMILES string of the molecule is NNC(c1cc(F)c(Cl)cc1F)C1CC1c1ccccc1. The smallest absolute Gasteiger partial charge is 0.142 e. The molecule has 1 aliphatic carbocycles. The highest BCUT2D eigenvalue weighted by atomic mass is 35.5. The molecule has 3 rings (SSSR count). The van der Waals surface area contributed by atoms with Gasteiger partial charge in [-0.3, -0.25) is 11.3 Å². The van der Waals surface area contributed by atoms with Crippen LogP contribution in [0.1, 0.15) is 29.5 Å². The zero-order valence-electron chi connectivity index (χ0n) is 11.2. The minimum absolute atomic E-state index is 0.146. The predicted molar refractivity (Wildman–Crippen MR) is 78.7 cm³/mol. The van der Waals surface area contributed by atoms with Crippen LogP contribution in [0.25, 0.3) is 0 Å². The molecule has 3 N–H and O–H groups in total. The first-order valence-corrected chi connectivity index (χ1v) is 7.15. The molecule has 0 amide bonds. The van der Waals surface area contributed by atoms with E-state index in [4.69, 9.17) is 17.4 Å². The largest absolute Gasteiger partial charge is 0.271 e. The van der Waals surface area contributed by atoms with Gasteiger partial charge in [-0.15, -0.1) is 0 Å². The van der Waals surface area contributed by atoms with Crippen LogP contribution in [0.2, 0.25) is 5.02 Å². The molecule has 3 atom stereocenters. The first-order valence-electron chi connectivity index (χ1n) is 6.77. The zero-order chi connectivity index (χ0) is 15.0. The minimum Gasteiger partial charge on any atom is -0.271 e. The molecule has 21 heavy (non-hydrogen) atoms. The third-order valence-corrected chi connectivity index (χ3v) is 4.34. The molecule has 0 aliphatic heterocycles. The Morgan fingerprint density at radius 1 is 1.14 bits per heavy atom. The second-order valence-corrected chi connectivity index (χ2v) is 5.76. The molecule has 1 fully saturated rings. The Morgan fingerprint density at radius 2 is 1.86 bits per heavy atom. The molecular formula is C16H15ClF2N2. The summed E-state index contributed by atoms with van der Waals surface area (Å²) in [6.07, 6.45) is 0.891. The fourth-order valence-electron chi connectivity index (χ4n) is 2.89. The van der Waals surface area contributed by atoms with Crippen molar-refractivity contribution < 1.29 is 8.78 Å². The van der Waals surface area contributed by atoms with Crippen molar-refractivity contribution >= 4 is 11.6 Å². The molecule has 0 aromatic heterocycles. The third kappa shape index (κ3) is 2.79. The highest BCUT2D eigenvalue weighted by Gasteiger charge is 2.44. The Bertz CT molecular complexity index is 648. The summed E-state index contributed by atoms with van der Waals surface area (Å²) in [7, 11) is 0. The first kappa shape index (κ1) is 14.4. The van der Waals surface area contributed by atoms with Crippen molar-refractivity contribution in [3.63, 3.8) is 0 Å². The second kappa shape index (κ2) is 5.72. The van der Waals surface area contributed by atoms with Crippen LogP contribution in [0.15, 0.2) is 42.5 Å². The zero-order valence-corrected chi connectivity index (χ0v) is 11.9. The molecule has 2 aromatic carbocycles. The molecular weight excluding hydrogens is 294 g/mol. The van der Waals surface area contributed by atoms with Crippen molar-refractivity contribution in [2.75, 3.05) is 0 Å². The quantitative estimate of drug-likeness (QED) is 0.510. The maximum absolute atomic E-state index is 14.0. The van der Waals surface area contributed by atoms with Crippen LogP contribution in [-0.2, 0) is 0 Å². The van der Waals surface area contributed by atoms with Crippen LogP contribution in [0, 0.1) is 17.6 Å². The Kier molecular flexibility index (Phi) is 3.93. The van der Waals surface area contributed by atoms with Gasteiger partial charge in [-0.05, 0) is 36.0 Å². The van der Waals surface area contributed by atoms with Crippen LogP contribution in [0.3, 0.4) is 0 Å². The van der Waals surface area contributed by atoms with Gasteiger partial charge in [0, 0.05) is 5.56 Å². The molecule has 3 unspecified atom stereocenters. The summed E-state index contributed by atoms with van der Waals surface area (Å²) in [6.45, 7) is 0. The molecule has 0 heterocycles. The summed E-state index contributed by atoms with van der Waals surface area (Å²) in [5.74, 6) is 4.85. The van der Waals surface area contributed by atoms with Gasteiger partial charge in [0.2, 0.25) is 0 Å². The van der Waals surface area contributed by atoms with Crippen LogP contribution in [0.4, 0.5) is 8.78 Å². The van der Waals surface area contributed by atoms with Crippen molar-refractivity contribution in [2.45, 2.75) is 18.4 Å². The Hall–Kier alpha value is -1.49. The Labute approximate surface area is 126 Å². The lowest BCUT2D eigenvalue weighted by Crippen LogP contribution is -2.30. The van der Waals surface area contributed by atoms with Crippen LogP contribution in [0.5, 0.6) is 0 Å². The Morgan fingerprint density at radius 3 is 2.52 bits per heavy atom. The van der Waals surface area contributed by atoms with E-state index in [2.05, 4.69) is 5.43 Å². The molecule has 5 heteroatoms. The predicted octanol–water partition coefficient (Wildman–Crippen LogP) is 3.93. The standard InChI is InChI=1S/C16H15ClF2N2/c17-13-8-14(18)12(7-15(13)19)16(21-20)11-6-10(11)9-4-2-1-3-5-9/h1-5,7-8,10-11,16,21H,6,20H2. The van der Waals surface area contributed by atoms with Crippen molar-refractivity contribution in [3.05, 3.63) is 70.2 Å². The second-order valence-electron chi connectivity index (χ2n) is 5.35. The van der Waals surface area contributed by atoms with Gasteiger partial charge < -0.3 is 0 Å². The van der Waals surface area contributed by atoms with Gasteiger partial charge in [0.15, 0.2) is 0 Å². The third-order valence-electron chi connectivity index (χ3n) is 4.05. The van der Waals surface area contributed by atoms with Crippen molar-refractivity contribution in [3.8, 4) is 0 Å². The number of benzene rings is 2. The fraction of sp³-hybridized carbons (Fsp3) is 0.250. The highest BCUT2D eigenvalue weighted by molar-refractivity contribution is 6.30. The number of nitrogens with two attached hydrogens (primary N) is 1. The molecule has 2 aromatic rings. The summed E-state index contributed by atoms with van der Waals surface area (Å²) in [5, 5.41) is -0.220. The Balaban J connectivity index is 1.86. The molecule has 0 radical (unpaired) electrons. The van der Waals surface area contributed by atoms with Gasteiger partial charge in [-0.2, -0.15) is 0 Å². The molecule has 0 bridgehead atoms. The minimum atomic E-state index is -0.634. The van der Waals surface area contributed by atoms with E-state index in [1.807, 2.05) is 30.3 Å². The molecule has 1 saturated carbocycles. The van der Waals surface area contributed by atoms with Crippen LogP contribution < -0.4 is 11.3 Å². The van der Waals surface area contributed by atoms with E-state index in [-0.39, 0.29) is 16.5 Å². The average molecular weight is 309 g/mol. The number of hydrazine groups is 1. The number of nitrogens with one attached hydrogen (secondary N) is 1. The van der Waals surface area contributed by atoms with Crippen LogP contribution >= 0.6 is 11.6 Å². The molecule has 2 nitrogen and oxygen atoms in total. The summed E-state index contributed by atoms with van der Waals surface area (Å²) < 4.78 is 27.6. The summed E-state index contributed by atoms with van der Waals surface area (Å²) >= 11 is 5.59. The molecule has 0 saturated heterocycles. The highest BCUT2D eigenvalue weighted by Crippen LogP contribution is 2.54. The van der Waals surface area contributed by atoms with Gasteiger partial charge in [-0.1, -0.05) is 41.9 Å². The number of rotatable bonds is 4. The van der Waals surface area contributed by atoms with Gasteiger partial charge in [0.25, 0.3) is 0 Å². The van der Waals surface area contributed by atoms with E-state index in [1.54, 1.807) is 0 Å². The van der Waals surface area contributed by atoms with E-state index >= 15 is 0 Å². The maximum Gasteiger partial charge on any atom is 0.142 e. The maximum atomic E-state index is 14.0. The van der Waals surface area contributed by atoms with Crippen molar-refractivity contribution in [1.82, 2.24) is 5.43 Å². The monoisotopic (exact) mass is 308 g/mol. The molecule has 110 valence electrons. The normalized spacial score (nSPS) is 22.1. The molecule has 0 spiro atoms. The first-order chi connectivity index (χ1) is 10.1. The van der Waals surface area contributed by atoms with Gasteiger partial charge >= 0.3 is 0 Å². The lowest BCUT2D eigenvalue weighted by Gasteiger charge is -2.18. The fourth-order valence-corrected chi connectivity index (χ4v) is 3.04. The lowest BCUT2D eigenvalue weighted by molar-refractivity contribution is 0.457. The van der Waals surface area contributed by atoms with Crippen molar-refractivity contribution in [1.29, 1.82) is 0 Å². The van der Waals surface area contributed by atoms with E-state index < -0.39 is 17.7 Å². The molecule has 1 aliphatic rings. The van der Waals surface area contributed by atoms with E-state index in [9.17, 15) is 8.78 Å². The van der Waals surface area contributed by atoms with Gasteiger partial charge in [-0.25, -0.2) is 8.78 Å². The number of hydrogen-bond acceptors (Lipinski definition) is 2.